The standard InChI is InChI=1S/C13H21NO3.C13H18O2/c1-13(2,3)14-7-12(17)9-4-5-11(16)10(6-9)8-15;1-9(2)8-11-4-6-12(7-5-11)10(3)13(14)15/h4-6,12,14-17H,7-8H2,1-3H3;4-7,9-10H,8H2,1-3H3,(H,14,15). The second kappa shape index (κ2) is 12.6. The molecular formula is C26H39NO5. The molecule has 2 unspecified atom stereocenters. The number of benzene rings is 2. The van der Waals surface area contributed by atoms with Crippen LogP contribution in [-0.4, -0.2) is 38.5 Å². The van der Waals surface area contributed by atoms with Gasteiger partial charge in [0.2, 0.25) is 0 Å². The zero-order valence-electron chi connectivity index (χ0n) is 20.1. The number of carboxylic acids is 1. The van der Waals surface area contributed by atoms with Gasteiger partial charge in [-0.25, -0.2) is 0 Å². The smallest absolute Gasteiger partial charge is 0.310 e. The van der Waals surface area contributed by atoms with Crippen LogP contribution in [0.3, 0.4) is 0 Å². The molecule has 0 aliphatic carbocycles. The van der Waals surface area contributed by atoms with Crippen LogP contribution in [0.15, 0.2) is 42.5 Å². The lowest BCUT2D eigenvalue weighted by Crippen LogP contribution is -2.38. The van der Waals surface area contributed by atoms with Crippen LogP contribution >= 0.6 is 0 Å². The van der Waals surface area contributed by atoms with Crippen LogP contribution in [0.5, 0.6) is 5.75 Å². The summed E-state index contributed by atoms with van der Waals surface area (Å²) in [7, 11) is 0. The zero-order chi connectivity index (χ0) is 24.5. The Hall–Kier alpha value is -2.41. The Bertz CT molecular complexity index is 840. The molecule has 0 aromatic heterocycles. The minimum atomic E-state index is -0.772. The molecule has 2 rings (SSSR count). The lowest BCUT2D eigenvalue weighted by molar-refractivity contribution is -0.138. The van der Waals surface area contributed by atoms with E-state index >= 15 is 0 Å². The van der Waals surface area contributed by atoms with E-state index in [1.807, 2.05) is 45.0 Å². The third-order valence-electron chi connectivity index (χ3n) is 4.98. The van der Waals surface area contributed by atoms with Gasteiger partial charge in [0.15, 0.2) is 0 Å². The van der Waals surface area contributed by atoms with E-state index in [2.05, 4.69) is 19.2 Å². The molecule has 0 bridgehead atoms. The van der Waals surface area contributed by atoms with Crippen LogP contribution < -0.4 is 5.32 Å². The Labute approximate surface area is 191 Å². The Morgan fingerprint density at radius 3 is 2.03 bits per heavy atom. The van der Waals surface area contributed by atoms with E-state index < -0.39 is 18.0 Å². The van der Waals surface area contributed by atoms with Gasteiger partial charge in [-0.1, -0.05) is 44.2 Å². The monoisotopic (exact) mass is 445 g/mol. The number of aliphatic carboxylic acids is 1. The first-order valence-corrected chi connectivity index (χ1v) is 11.0. The number of aliphatic hydroxyl groups excluding tert-OH is 2. The minimum absolute atomic E-state index is 0.0484. The summed E-state index contributed by atoms with van der Waals surface area (Å²) in [5.41, 5.74) is 3.19. The van der Waals surface area contributed by atoms with Gasteiger partial charge in [0.05, 0.1) is 18.6 Å². The van der Waals surface area contributed by atoms with Crippen molar-refractivity contribution >= 4 is 5.97 Å². The van der Waals surface area contributed by atoms with Crippen LogP contribution in [0, 0.1) is 5.92 Å². The average molecular weight is 446 g/mol. The van der Waals surface area contributed by atoms with Crippen molar-refractivity contribution in [3.63, 3.8) is 0 Å². The van der Waals surface area contributed by atoms with Gasteiger partial charge >= 0.3 is 5.97 Å². The van der Waals surface area contributed by atoms with Crippen molar-refractivity contribution in [3.05, 3.63) is 64.7 Å². The summed E-state index contributed by atoms with van der Waals surface area (Å²) in [5.74, 6) is -0.510. The molecule has 0 saturated heterocycles. The highest BCUT2D eigenvalue weighted by molar-refractivity contribution is 5.75. The molecule has 2 aromatic carbocycles. The number of carbonyl (C=O) groups is 1. The molecule has 6 nitrogen and oxygen atoms in total. The highest BCUT2D eigenvalue weighted by Gasteiger charge is 2.15. The number of aliphatic hydroxyl groups is 2. The molecular weight excluding hydrogens is 406 g/mol. The summed E-state index contributed by atoms with van der Waals surface area (Å²) in [4.78, 5) is 10.8. The largest absolute Gasteiger partial charge is 0.508 e. The molecule has 0 heterocycles. The number of aromatic hydroxyl groups is 1. The first kappa shape index (κ1) is 27.6. The minimum Gasteiger partial charge on any atom is -0.508 e. The molecule has 32 heavy (non-hydrogen) atoms. The third-order valence-corrected chi connectivity index (χ3v) is 4.98. The van der Waals surface area contributed by atoms with Crippen molar-refractivity contribution in [2.45, 2.75) is 72.1 Å². The number of hydrogen-bond acceptors (Lipinski definition) is 5. The molecule has 0 spiro atoms. The van der Waals surface area contributed by atoms with Gasteiger partial charge in [0, 0.05) is 17.6 Å². The first-order valence-electron chi connectivity index (χ1n) is 11.0. The fourth-order valence-corrected chi connectivity index (χ4v) is 3.02. The summed E-state index contributed by atoms with van der Waals surface area (Å²) < 4.78 is 0. The fraction of sp³-hybridized carbons (Fsp3) is 0.500. The van der Waals surface area contributed by atoms with Crippen LogP contribution in [0.25, 0.3) is 0 Å². The van der Waals surface area contributed by atoms with E-state index in [9.17, 15) is 15.0 Å². The molecule has 0 fully saturated rings. The molecule has 5 N–H and O–H groups in total. The number of carboxylic acid groups (broad SMARTS) is 1. The second-order valence-corrected chi connectivity index (χ2v) is 9.59. The Balaban J connectivity index is 0.000000323. The van der Waals surface area contributed by atoms with Gasteiger partial charge in [-0.3, -0.25) is 4.79 Å². The number of nitrogens with one attached hydrogen (secondary N) is 1. The maximum absolute atomic E-state index is 10.8. The second-order valence-electron chi connectivity index (χ2n) is 9.59. The van der Waals surface area contributed by atoms with Gasteiger partial charge in [0.25, 0.3) is 0 Å². The predicted molar refractivity (Wildman–Crippen MR) is 128 cm³/mol. The van der Waals surface area contributed by atoms with E-state index in [1.54, 1.807) is 19.1 Å². The van der Waals surface area contributed by atoms with Crippen LogP contribution in [0.1, 0.15) is 75.8 Å². The lowest BCUT2D eigenvalue weighted by atomic mass is 9.97. The maximum Gasteiger partial charge on any atom is 0.310 e. The van der Waals surface area contributed by atoms with Crippen LogP contribution in [0.2, 0.25) is 0 Å². The summed E-state index contributed by atoms with van der Waals surface area (Å²) in [6.45, 7) is 12.3. The maximum atomic E-state index is 10.8. The molecule has 2 atom stereocenters. The molecule has 0 radical (unpaired) electrons. The van der Waals surface area contributed by atoms with Crippen molar-refractivity contribution in [1.82, 2.24) is 5.32 Å². The Morgan fingerprint density at radius 1 is 1.00 bits per heavy atom. The van der Waals surface area contributed by atoms with E-state index in [-0.39, 0.29) is 17.9 Å². The van der Waals surface area contributed by atoms with Gasteiger partial charge in [-0.05, 0) is 68.9 Å². The van der Waals surface area contributed by atoms with Crippen molar-refractivity contribution in [3.8, 4) is 5.75 Å². The molecule has 0 aliphatic rings. The Kier molecular flexibility index (Phi) is 10.9. The topological polar surface area (TPSA) is 110 Å². The molecule has 0 amide bonds. The van der Waals surface area contributed by atoms with E-state index in [0.29, 0.717) is 23.6 Å². The van der Waals surface area contributed by atoms with Crippen LogP contribution in [-0.2, 0) is 17.8 Å². The Morgan fingerprint density at radius 2 is 1.56 bits per heavy atom. The van der Waals surface area contributed by atoms with E-state index in [4.69, 9.17) is 10.2 Å². The van der Waals surface area contributed by atoms with E-state index in [1.165, 1.54) is 11.6 Å². The zero-order valence-corrected chi connectivity index (χ0v) is 20.1. The molecule has 2 aromatic rings. The number of β-amino-alcohol motifs (C(OH)–C–C–N with tert-alkyl or cyclic N) is 1. The SMILES string of the molecule is CC(C)(C)NCC(O)c1ccc(O)c(CO)c1.CC(C)Cc1ccc(C(C)C(=O)O)cc1. The summed E-state index contributed by atoms with van der Waals surface area (Å²) >= 11 is 0. The highest BCUT2D eigenvalue weighted by atomic mass is 16.4. The molecule has 0 saturated carbocycles. The van der Waals surface area contributed by atoms with Crippen molar-refractivity contribution < 1.29 is 25.2 Å². The van der Waals surface area contributed by atoms with Crippen molar-refractivity contribution in [2.75, 3.05) is 6.54 Å². The van der Waals surface area contributed by atoms with Gasteiger partial charge < -0.3 is 25.7 Å². The third kappa shape index (κ3) is 9.81. The molecule has 6 heteroatoms. The fourth-order valence-electron chi connectivity index (χ4n) is 3.02. The number of rotatable bonds is 8. The summed E-state index contributed by atoms with van der Waals surface area (Å²) in [5, 5.41) is 40.5. The van der Waals surface area contributed by atoms with Crippen molar-refractivity contribution in [1.29, 1.82) is 0 Å². The average Bonchev–Trinajstić information content (AvgIpc) is 2.72. The number of hydrogen-bond donors (Lipinski definition) is 5. The van der Waals surface area contributed by atoms with Crippen LogP contribution in [0.4, 0.5) is 0 Å². The molecule has 0 aliphatic heterocycles. The van der Waals surface area contributed by atoms with Gasteiger partial charge in [-0.2, -0.15) is 0 Å². The first-order chi connectivity index (χ1) is 14.8. The molecule has 178 valence electrons. The summed E-state index contributed by atoms with van der Waals surface area (Å²) in [6.07, 6.45) is 0.391. The lowest BCUT2D eigenvalue weighted by Gasteiger charge is -2.23. The van der Waals surface area contributed by atoms with Gasteiger partial charge in [0.1, 0.15) is 5.75 Å². The predicted octanol–water partition coefficient (Wildman–Crippen LogP) is 4.38. The van der Waals surface area contributed by atoms with Gasteiger partial charge in [-0.15, -0.1) is 0 Å². The quantitative estimate of drug-likeness (QED) is 0.412. The summed E-state index contributed by atoms with van der Waals surface area (Å²) in [6, 6.07) is 12.6. The number of phenols is 1. The highest BCUT2D eigenvalue weighted by Crippen LogP contribution is 2.22. The van der Waals surface area contributed by atoms with E-state index in [0.717, 1.165) is 12.0 Å². The van der Waals surface area contributed by atoms with Crippen molar-refractivity contribution in [2.24, 2.45) is 5.92 Å². The normalized spacial score (nSPS) is 13.3.